The summed E-state index contributed by atoms with van der Waals surface area (Å²) in [4.78, 5) is 4.28. The summed E-state index contributed by atoms with van der Waals surface area (Å²) in [5.41, 5.74) is 8.35. The number of nitrogen functional groups attached to an aromatic ring is 1. The van der Waals surface area contributed by atoms with Gasteiger partial charge < -0.3 is 10.5 Å². The van der Waals surface area contributed by atoms with E-state index in [-0.39, 0.29) is 0 Å². The molecule has 2 rings (SSSR count). The highest BCUT2D eigenvalue weighted by Crippen LogP contribution is 2.25. The molecule has 2 N–H and O–H groups in total. The molecule has 0 aliphatic carbocycles. The zero-order valence-corrected chi connectivity index (χ0v) is 9.40. The van der Waals surface area contributed by atoms with Crippen LogP contribution in [0.3, 0.4) is 0 Å². The normalized spacial score (nSPS) is 10.1. The lowest BCUT2D eigenvalue weighted by Crippen LogP contribution is -1.93. The molecule has 0 bridgehead atoms. The molecule has 2 aromatic rings. The van der Waals surface area contributed by atoms with E-state index in [1.807, 2.05) is 50.2 Å². The Morgan fingerprint density at radius 2 is 1.94 bits per heavy atom. The fourth-order valence-corrected chi connectivity index (χ4v) is 1.47. The summed E-state index contributed by atoms with van der Waals surface area (Å²) >= 11 is 0. The molecule has 82 valence electrons. The molecule has 3 nitrogen and oxygen atoms in total. The number of hydrogen-bond donors (Lipinski definition) is 1. The highest BCUT2D eigenvalue weighted by atomic mass is 16.5. The molecule has 0 aliphatic heterocycles. The minimum atomic E-state index is 0.605. The van der Waals surface area contributed by atoms with Crippen LogP contribution in [0.25, 0.3) is 0 Å². The second kappa shape index (κ2) is 4.23. The largest absolute Gasteiger partial charge is 0.439 e. The molecule has 0 amide bonds. The van der Waals surface area contributed by atoms with Crippen LogP contribution < -0.4 is 10.5 Å². The SMILES string of the molecule is Cc1cccc(Oc2ccc(N)cc2C)n1. The maximum absolute atomic E-state index is 5.68. The highest BCUT2D eigenvalue weighted by Gasteiger charge is 2.02. The lowest BCUT2D eigenvalue weighted by atomic mass is 10.2. The number of ether oxygens (including phenoxy) is 1. The maximum Gasteiger partial charge on any atom is 0.219 e. The fraction of sp³-hybridized carbons (Fsp3) is 0.154. The van der Waals surface area contributed by atoms with Crippen LogP contribution in [-0.4, -0.2) is 4.98 Å². The number of rotatable bonds is 2. The predicted octanol–water partition coefficient (Wildman–Crippen LogP) is 3.07. The van der Waals surface area contributed by atoms with Crippen molar-refractivity contribution in [2.45, 2.75) is 13.8 Å². The van der Waals surface area contributed by atoms with Crippen LogP contribution in [0.4, 0.5) is 5.69 Å². The minimum Gasteiger partial charge on any atom is -0.439 e. The number of hydrogen-bond acceptors (Lipinski definition) is 3. The Kier molecular flexibility index (Phi) is 2.77. The molecule has 0 atom stereocenters. The smallest absolute Gasteiger partial charge is 0.219 e. The van der Waals surface area contributed by atoms with Crippen molar-refractivity contribution < 1.29 is 4.74 Å². The number of pyridine rings is 1. The number of nitrogens with zero attached hydrogens (tertiary/aromatic N) is 1. The van der Waals surface area contributed by atoms with E-state index in [0.29, 0.717) is 5.88 Å². The molecule has 1 heterocycles. The molecule has 0 unspecified atom stereocenters. The maximum atomic E-state index is 5.68. The number of aromatic nitrogens is 1. The van der Waals surface area contributed by atoms with Gasteiger partial charge in [-0.1, -0.05) is 6.07 Å². The van der Waals surface area contributed by atoms with E-state index in [0.717, 1.165) is 22.7 Å². The number of anilines is 1. The van der Waals surface area contributed by atoms with Crippen LogP contribution >= 0.6 is 0 Å². The number of aryl methyl sites for hydroxylation is 2. The fourth-order valence-electron chi connectivity index (χ4n) is 1.47. The molecule has 0 saturated carbocycles. The van der Waals surface area contributed by atoms with Gasteiger partial charge in [-0.05, 0) is 43.7 Å². The third kappa shape index (κ3) is 2.31. The summed E-state index contributed by atoms with van der Waals surface area (Å²) in [6.07, 6.45) is 0. The van der Waals surface area contributed by atoms with Gasteiger partial charge in [0.05, 0.1) is 0 Å². The number of nitrogens with two attached hydrogens (primary N) is 1. The molecule has 0 fully saturated rings. The molecule has 0 radical (unpaired) electrons. The predicted molar refractivity (Wildman–Crippen MR) is 64.6 cm³/mol. The molecule has 1 aromatic heterocycles. The van der Waals surface area contributed by atoms with Gasteiger partial charge >= 0.3 is 0 Å². The summed E-state index contributed by atoms with van der Waals surface area (Å²) in [7, 11) is 0. The van der Waals surface area contributed by atoms with Gasteiger partial charge in [-0.3, -0.25) is 0 Å². The zero-order chi connectivity index (χ0) is 11.5. The Morgan fingerprint density at radius 1 is 1.12 bits per heavy atom. The Hall–Kier alpha value is -2.03. The summed E-state index contributed by atoms with van der Waals surface area (Å²) in [5, 5.41) is 0. The van der Waals surface area contributed by atoms with Gasteiger partial charge in [-0.25, -0.2) is 4.98 Å². The van der Waals surface area contributed by atoms with Gasteiger partial charge in [0, 0.05) is 17.4 Å². The van der Waals surface area contributed by atoms with Crippen molar-refractivity contribution in [3.63, 3.8) is 0 Å². The van der Waals surface area contributed by atoms with E-state index in [4.69, 9.17) is 10.5 Å². The van der Waals surface area contributed by atoms with Crippen molar-refractivity contribution in [2.24, 2.45) is 0 Å². The van der Waals surface area contributed by atoms with Crippen LogP contribution in [0.5, 0.6) is 11.6 Å². The van der Waals surface area contributed by atoms with Gasteiger partial charge in [0.15, 0.2) is 0 Å². The summed E-state index contributed by atoms with van der Waals surface area (Å²) in [6, 6.07) is 11.2. The Bertz CT molecular complexity index is 509. The second-order valence-electron chi connectivity index (χ2n) is 3.74. The second-order valence-corrected chi connectivity index (χ2v) is 3.74. The molecule has 0 spiro atoms. The van der Waals surface area contributed by atoms with Crippen LogP contribution in [0.2, 0.25) is 0 Å². The van der Waals surface area contributed by atoms with E-state index in [1.165, 1.54) is 0 Å². The van der Waals surface area contributed by atoms with Crippen molar-refractivity contribution in [1.29, 1.82) is 0 Å². The van der Waals surface area contributed by atoms with E-state index >= 15 is 0 Å². The lowest BCUT2D eigenvalue weighted by Gasteiger charge is -2.08. The standard InChI is InChI=1S/C13H14N2O/c1-9-8-11(14)6-7-12(9)16-13-5-3-4-10(2)15-13/h3-8H,14H2,1-2H3. The van der Waals surface area contributed by atoms with E-state index in [2.05, 4.69) is 4.98 Å². The van der Waals surface area contributed by atoms with Crippen molar-refractivity contribution in [3.05, 3.63) is 47.7 Å². The average Bonchev–Trinajstić information content (AvgIpc) is 2.22. The molecule has 3 heteroatoms. The summed E-state index contributed by atoms with van der Waals surface area (Å²) in [5.74, 6) is 1.39. The van der Waals surface area contributed by atoms with Gasteiger partial charge in [-0.15, -0.1) is 0 Å². The van der Waals surface area contributed by atoms with E-state index < -0.39 is 0 Å². The van der Waals surface area contributed by atoms with Gasteiger partial charge in [0.1, 0.15) is 5.75 Å². The molecular formula is C13H14N2O. The van der Waals surface area contributed by atoms with Crippen LogP contribution in [0.1, 0.15) is 11.3 Å². The highest BCUT2D eigenvalue weighted by molar-refractivity contribution is 5.48. The summed E-state index contributed by atoms with van der Waals surface area (Å²) < 4.78 is 5.68. The minimum absolute atomic E-state index is 0.605. The molecule has 1 aromatic carbocycles. The molecular weight excluding hydrogens is 200 g/mol. The monoisotopic (exact) mass is 214 g/mol. The average molecular weight is 214 g/mol. The Morgan fingerprint density at radius 3 is 2.62 bits per heavy atom. The first-order valence-electron chi connectivity index (χ1n) is 5.13. The van der Waals surface area contributed by atoms with Crippen LogP contribution in [0.15, 0.2) is 36.4 Å². The van der Waals surface area contributed by atoms with Crippen LogP contribution in [0, 0.1) is 13.8 Å². The lowest BCUT2D eigenvalue weighted by molar-refractivity contribution is 0.458. The van der Waals surface area contributed by atoms with Gasteiger partial charge in [-0.2, -0.15) is 0 Å². The topological polar surface area (TPSA) is 48.1 Å². The van der Waals surface area contributed by atoms with Crippen molar-refractivity contribution >= 4 is 5.69 Å². The number of benzene rings is 1. The molecule has 16 heavy (non-hydrogen) atoms. The molecule has 0 saturated heterocycles. The van der Waals surface area contributed by atoms with Gasteiger partial charge in [0.25, 0.3) is 0 Å². The Labute approximate surface area is 94.9 Å². The van der Waals surface area contributed by atoms with Crippen LogP contribution in [-0.2, 0) is 0 Å². The first-order chi connectivity index (χ1) is 7.65. The van der Waals surface area contributed by atoms with Crippen molar-refractivity contribution in [3.8, 4) is 11.6 Å². The van der Waals surface area contributed by atoms with Crippen molar-refractivity contribution in [2.75, 3.05) is 5.73 Å². The first-order valence-corrected chi connectivity index (χ1v) is 5.13. The third-order valence-corrected chi connectivity index (χ3v) is 2.28. The quantitative estimate of drug-likeness (QED) is 0.781. The van der Waals surface area contributed by atoms with Gasteiger partial charge in [0.2, 0.25) is 5.88 Å². The van der Waals surface area contributed by atoms with E-state index in [1.54, 1.807) is 0 Å². The summed E-state index contributed by atoms with van der Waals surface area (Å²) in [6.45, 7) is 3.89. The molecule has 0 aliphatic rings. The van der Waals surface area contributed by atoms with Crippen molar-refractivity contribution in [1.82, 2.24) is 4.98 Å². The first kappa shape index (κ1) is 10.5. The Balaban J connectivity index is 2.27. The van der Waals surface area contributed by atoms with E-state index in [9.17, 15) is 0 Å². The zero-order valence-electron chi connectivity index (χ0n) is 9.40. The third-order valence-electron chi connectivity index (χ3n) is 2.28.